The van der Waals surface area contributed by atoms with E-state index < -0.39 is 0 Å². The number of hydrogen-bond acceptors (Lipinski definition) is 7. The van der Waals surface area contributed by atoms with Crippen molar-refractivity contribution in [2.45, 2.75) is 52.2 Å². The maximum Gasteiger partial charge on any atom is 0.262 e. The molecule has 0 aliphatic rings. The summed E-state index contributed by atoms with van der Waals surface area (Å²) >= 11 is 0. The molecule has 10 nitrogen and oxygen atoms in total. The predicted molar refractivity (Wildman–Crippen MR) is 145 cm³/mol. The Morgan fingerprint density at radius 1 is 1.05 bits per heavy atom. The lowest BCUT2D eigenvalue weighted by molar-refractivity contribution is -0.121. The third-order valence-electron chi connectivity index (χ3n) is 6.33. The smallest absolute Gasteiger partial charge is 0.262 e. The standard InChI is InChI=1S/C28H35N5O5/c1-19(2)38-17-7-16-32-27(35)22-8-5-6-9-23(22)33-25(30-31-28(32)33)12-13-26(34)29-15-14-20-18-21(36-3)10-11-24(20)37-4/h5-6,8-11,18-19H,7,12-17H2,1-4H3,(H,29,34). The summed E-state index contributed by atoms with van der Waals surface area (Å²) in [6.07, 6.45) is 2.04. The van der Waals surface area contributed by atoms with E-state index in [4.69, 9.17) is 14.2 Å². The maximum absolute atomic E-state index is 13.2. The van der Waals surface area contributed by atoms with E-state index in [2.05, 4.69) is 15.5 Å². The normalized spacial score (nSPS) is 11.4. The summed E-state index contributed by atoms with van der Waals surface area (Å²) in [5, 5.41) is 12.2. The van der Waals surface area contributed by atoms with Crippen LogP contribution in [-0.2, 0) is 28.9 Å². The summed E-state index contributed by atoms with van der Waals surface area (Å²) < 4.78 is 19.9. The fraction of sp³-hybridized carbons (Fsp3) is 0.429. The van der Waals surface area contributed by atoms with E-state index in [1.165, 1.54) is 0 Å². The number of para-hydroxylation sites is 1. The number of carbonyl (C=O) groups excluding carboxylic acids is 1. The zero-order chi connectivity index (χ0) is 27.1. The molecule has 2 heterocycles. The molecule has 1 N–H and O–H groups in total. The number of rotatable bonds is 13. The molecule has 0 aliphatic carbocycles. The van der Waals surface area contributed by atoms with Crippen LogP contribution in [0.15, 0.2) is 47.3 Å². The lowest BCUT2D eigenvalue weighted by Crippen LogP contribution is -2.26. The number of nitrogens with one attached hydrogen (secondary N) is 1. The molecule has 4 aromatic rings. The number of ether oxygens (including phenoxy) is 3. The van der Waals surface area contributed by atoms with Gasteiger partial charge in [0.1, 0.15) is 17.3 Å². The Bertz CT molecular complexity index is 1460. The first-order chi connectivity index (χ1) is 18.4. The number of carbonyl (C=O) groups is 1. The molecule has 2 aromatic heterocycles. The van der Waals surface area contributed by atoms with Gasteiger partial charge in [0, 0.05) is 32.5 Å². The van der Waals surface area contributed by atoms with Crippen molar-refractivity contribution in [3.05, 3.63) is 64.2 Å². The molecule has 0 bridgehead atoms. The number of aryl methyl sites for hydroxylation is 2. The van der Waals surface area contributed by atoms with Gasteiger partial charge in [-0.15, -0.1) is 10.2 Å². The predicted octanol–water partition coefficient (Wildman–Crippen LogP) is 3.17. The molecule has 10 heteroatoms. The molecule has 4 rings (SSSR count). The number of methoxy groups -OCH3 is 2. The van der Waals surface area contributed by atoms with Crippen molar-refractivity contribution < 1.29 is 19.0 Å². The first-order valence-corrected chi connectivity index (χ1v) is 12.9. The molecule has 0 fully saturated rings. The number of fused-ring (bicyclic) bond motifs is 3. The molecule has 0 saturated heterocycles. The molecular weight excluding hydrogens is 486 g/mol. The van der Waals surface area contributed by atoms with Crippen molar-refractivity contribution in [3.63, 3.8) is 0 Å². The van der Waals surface area contributed by atoms with Crippen molar-refractivity contribution >= 4 is 22.6 Å². The summed E-state index contributed by atoms with van der Waals surface area (Å²) in [6, 6.07) is 13.0. The van der Waals surface area contributed by atoms with Gasteiger partial charge in [0.15, 0.2) is 0 Å². The molecule has 0 atom stereocenters. The fourth-order valence-corrected chi connectivity index (χ4v) is 4.45. The quantitative estimate of drug-likeness (QED) is 0.269. The van der Waals surface area contributed by atoms with Crippen LogP contribution in [0.5, 0.6) is 11.5 Å². The van der Waals surface area contributed by atoms with Gasteiger partial charge < -0.3 is 19.5 Å². The van der Waals surface area contributed by atoms with Gasteiger partial charge in [0.05, 0.1) is 31.2 Å². The van der Waals surface area contributed by atoms with Gasteiger partial charge in [-0.1, -0.05) is 12.1 Å². The molecule has 0 unspecified atom stereocenters. The number of aromatic nitrogens is 4. The Morgan fingerprint density at radius 3 is 2.63 bits per heavy atom. The molecule has 38 heavy (non-hydrogen) atoms. The average molecular weight is 522 g/mol. The van der Waals surface area contributed by atoms with Crippen LogP contribution in [0.3, 0.4) is 0 Å². The van der Waals surface area contributed by atoms with Crippen molar-refractivity contribution in [1.29, 1.82) is 0 Å². The van der Waals surface area contributed by atoms with E-state index in [0.717, 1.165) is 22.6 Å². The Labute approximate surface area is 221 Å². The molecule has 1 amide bonds. The number of nitrogens with zero attached hydrogens (tertiary/aromatic N) is 4. The highest BCUT2D eigenvalue weighted by atomic mass is 16.5. The van der Waals surface area contributed by atoms with E-state index in [0.29, 0.717) is 55.9 Å². The summed E-state index contributed by atoms with van der Waals surface area (Å²) in [5.74, 6) is 2.51. The summed E-state index contributed by atoms with van der Waals surface area (Å²) in [6.45, 7) is 5.44. The van der Waals surface area contributed by atoms with Crippen LogP contribution in [0.4, 0.5) is 0 Å². The number of benzene rings is 2. The van der Waals surface area contributed by atoms with E-state index in [1.54, 1.807) is 18.8 Å². The van der Waals surface area contributed by atoms with Gasteiger partial charge >= 0.3 is 0 Å². The first-order valence-electron chi connectivity index (χ1n) is 12.9. The topological polar surface area (TPSA) is 109 Å². The number of amides is 1. The maximum atomic E-state index is 13.2. The third-order valence-corrected chi connectivity index (χ3v) is 6.33. The molecule has 0 saturated carbocycles. The lowest BCUT2D eigenvalue weighted by atomic mass is 10.1. The van der Waals surface area contributed by atoms with Crippen LogP contribution in [0, 0.1) is 0 Å². The van der Waals surface area contributed by atoms with Crippen LogP contribution < -0.4 is 20.3 Å². The van der Waals surface area contributed by atoms with Gasteiger partial charge in [-0.05, 0) is 62.6 Å². The highest BCUT2D eigenvalue weighted by Gasteiger charge is 2.17. The van der Waals surface area contributed by atoms with Crippen LogP contribution in [0.2, 0.25) is 0 Å². The second kappa shape index (κ2) is 12.6. The SMILES string of the molecule is COc1ccc(OC)c(CCNC(=O)CCc2nnc3n(CCCOC(C)C)c(=O)c4ccccc4n23)c1. The molecule has 0 aliphatic heterocycles. The molecule has 202 valence electrons. The van der Waals surface area contributed by atoms with E-state index in [1.807, 2.05) is 60.7 Å². The fourth-order valence-electron chi connectivity index (χ4n) is 4.45. The Hall–Kier alpha value is -3.92. The molecular formula is C28H35N5O5. The lowest BCUT2D eigenvalue weighted by Gasteiger charge is -2.12. The van der Waals surface area contributed by atoms with Crippen LogP contribution in [0.1, 0.15) is 38.1 Å². The average Bonchev–Trinajstić information content (AvgIpc) is 3.35. The van der Waals surface area contributed by atoms with E-state index in [-0.39, 0.29) is 24.0 Å². The summed E-state index contributed by atoms with van der Waals surface area (Å²) in [7, 11) is 3.24. The van der Waals surface area contributed by atoms with Crippen molar-refractivity contribution in [2.75, 3.05) is 27.4 Å². The minimum Gasteiger partial charge on any atom is -0.497 e. The molecule has 2 aromatic carbocycles. The minimum atomic E-state index is -0.109. The van der Waals surface area contributed by atoms with Gasteiger partial charge in [0.2, 0.25) is 11.7 Å². The van der Waals surface area contributed by atoms with Gasteiger partial charge in [-0.25, -0.2) is 0 Å². The third kappa shape index (κ3) is 6.13. The van der Waals surface area contributed by atoms with Gasteiger partial charge in [-0.2, -0.15) is 0 Å². The van der Waals surface area contributed by atoms with E-state index in [9.17, 15) is 9.59 Å². The van der Waals surface area contributed by atoms with E-state index >= 15 is 0 Å². The van der Waals surface area contributed by atoms with Gasteiger partial charge in [0.25, 0.3) is 5.56 Å². The second-order valence-corrected chi connectivity index (χ2v) is 9.28. The van der Waals surface area contributed by atoms with Gasteiger partial charge in [-0.3, -0.25) is 18.6 Å². The molecule has 0 spiro atoms. The highest BCUT2D eigenvalue weighted by Crippen LogP contribution is 2.24. The minimum absolute atomic E-state index is 0.0907. The monoisotopic (exact) mass is 521 g/mol. The second-order valence-electron chi connectivity index (χ2n) is 9.28. The molecule has 0 radical (unpaired) electrons. The van der Waals surface area contributed by atoms with Crippen molar-refractivity contribution in [3.8, 4) is 11.5 Å². The van der Waals surface area contributed by atoms with Crippen LogP contribution >= 0.6 is 0 Å². The number of hydrogen-bond donors (Lipinski definition) is 1. The van der Waals surface area contributed by atoms with Crippen molar-refractivity contribution in [1.82, 2.24) is 24.5 Å². The summed E-state index contributed by atoms with van der Waals surface area (Å²) in [5.41, 5.74) is 1.58. The first kappa shape index (κ1) is 27.1. The zero-order valence-electron chi connectivity index (χ0n) is 22.4. The largest absolute Gasteiger partial charge is 0.497 e. The highest BCUT2D eigenvalue weighted by molar-refractivity contribution is 5.80. The Balaban J connectivity index is 1.46. The van der Waals surface area contributed by atoms with Crippen LogP contribution in [-0.4, -0.2) is 58.5 Å². The Kier molecular flexibility index (Phi) is 8.96. The zero-order valence-corrected chi connectivity index (χ0v) is 22.4. The van der Waals surface area contributed by atoms with Crippen molar-refractivity contribution in [2.24, 2.45) is 0 Å². The van der Waals surface area contributed by atoms with Crippen LogP contribution in [0.25, 0.3) is 16.7 Å². The summed E-state index contributed by atoms with van der Waals surface area (Å²) in [4.78, 5) is 25.9. The Morgan fingerprint density at radius 2 is 1.87 bits per heavy atom.